The molecular formula is C19H23ClN6O. The number of aromatic nitrogens is 4. The highest BCUT2D eigenvalue weighted by molar-refractivity contribution is 6.30. The second-order valence-electron chi connectivity index (χ2n) is 7.42. The van der Waals surface area contributed by atoms with Crippen molar-refractivity contribution < 1.29 is 4.74 Å². The SMILES string of the molecule is Clc1cc2c(cn1)[nH]c1ncnc(NC3CCC(N4CCOCC4)CC3)c12. The lowest BCUT2D eigenvalue weighted by Gasteiger charge is -2.39. The number of hydrogen-bond donors (Lipinski definition) is 2. The van der Waals surface area contributed by atoms with E-state index in [9.17, 15) is 0 Å². The molecule has 7 nitrogen and oxygen atoms in total. The Labute approximate surface area is 162 Å². The van der Waals surface area contributed by atoms with Crippen LogP contribution in [-0.4, -0.2) is 63.2 Å². The highest BCUT2D eigenvalue weighted by Crippen LogP contribution is 2.32. The maximum Gasteiger partial charge on any atom is 0.143 e. The van der Waals surface area contributed by atoms with Crippen LogP contribution in [0.15, 0.2) is 18.6 Å². The molecule has 0 atom stereocenters. The first-order chi connectivity index (χ1) is 13.3. The van der Waals surface area contributed by atoms with E-state index in [1.54, 1.807) is 12.5 Å². The van der Waals surface area contributed by atoms with Gasteiger partial charge in [0, 0.05) is 30.6 Å². The van der Waals surface area contributed by atoms with E-state index in [0.717, 1.165) is 66.9 Å². The van der Waals surface area contributed by atoms with Crippen LogP contribution < -0.4 is 5.32 Å². The summed E-state index contributed by atoms with van der Waals surface area (Å²) in [5.74, 6) is 0.878. The molecule has 142 valence electrons. The molecule has 2 aliphatic rings. The van der Waals surface area contributed by atoms with E-state index >= 15 is 0 Å². The first-order valence-electron chi connectivity index (χ1n) is 9.64. The quantitative estimate of drug-likeness (QED) is 0.673. The molecule has 4 heterocycles. The van der Waals surface area contributed by atoms with Gasteiger partial charge >= 0.3 is 0 Å². The minimum atomic E-state index is 0.433. The number of ether oxygens (including phenoxy) is 1. The van der Waals surface area contributed by atoms with Crippen molar-refractivity contribution >= 4 is 39.4 Å². The molecule has 1 saturated heterocycles. The summed E-state index contributed by atoms with van der Waals surface area (Å²) in [7, 11) is 0. The Morgan fingerprint density at radius 2 is 1.93 bits per heavy atom. The van der Waals surface area contributed by atoms with Crippen molar-refractivity contribution in [3.8, 4) is 0 Å². The van der Waals surface area contributed by atoms with Crippen LogP contribution in [0.1, 0.15) is 25.7 Å². The lowest BCUT2D eigenvalue weighted by Crippen LogP contribution is -2.46. The van der Waals surface area contributed by atoms with Gasteiger partial charge in [0.1, 0.15) is 22.9 Å². The maximum atomic E-state index is 6.11. The van der Waals surface area contributed by atoms with Crippen molar-refractivity contribution in [1.82, 2.24) is 24.8 Å². The Hall–Kier alpha value is -1.96. The second-order valence-corrected chi connectivity index (χ2v) is 7.81. The molecule has 0 unspecified atom stereocenters. The van der Waals surface area contributed by atoms with Gasteiger partial charge in [-0.15, -0.1) is 0 Å². The summed E-state index contributed by atoms with van der Waals surface area (Å²) < 4.78 is 5.48. The smallest absolute Gasteiger partial charge is 0.143 e. The standard InChI is InChI=1S/C19H23ClN6O/c20-16-9-14-15(10-21-16)25-19-17(14)18(22-11-23-19)24-12-1-3-13(4-2-12)26-5-7-27-8-6-26/h9-13H,1-8H2,(H2,22,23,24,25). The summed E-state index contributed by atoms with van der Waals surface area (Å²) in [5, 5.41) is 6.15. The topological polar surface area (TPSA) is 79.0 Å². The van der Waals surface area contributed by atoms with Crippen molar-refractivity contribution in [3.05, 3.63) is 23.7 Å². The number of aromatic amines is 1. The Kier molecular flexibility index (Phi) is 4.59. The third-order valence-electron chi connectivity index (χ3n) is 5.84. The van der Waals surface area contributed by atoms with Gasteiger partial charge in [0.05, 0.1) is 30.3 Å². The lowest BCUT2D eigenvalue weighted by atomic mass is 9.90. The van der Waals surface area contributed by atoms with Crippen LogP contribution in [0.4, 0.5) is 5.82 Å². The predicted octanol–water partition coefficient (Wildman–Crippen LogP) is 3.21. The van der Waals surface area contributed by atoms with Crippen LogP contribution in [-0.2, 0) is 4.74 Å². The highest BCUT2D eigenvalue weighted by atomic mass is 35.5. The normalized spacial score (nSPS) is 24.5. The number of hydrogen-bond acceptors (Lipinski definition) is 6. The van der Waals surface area contributed by atoms with Gasteiger partial charge in [-0.05, 0) is 31.7 Å². The number of pyridine rings is 1. The van der Waals surface area contributed by atoms with Crippen molar-refractivity contribution in [2.45, 2.75) is 37.8 Å². The van der Waals surface area contributed by atoms with Gasteiger partial charge in [-0.25, -0.2) is 15.0 Å². The molecule has 2 fully saturated rings. The van der Waals surface area contributed by atoms with Crippen LogP contribution >= 0.6 is 11.6 Å². The molecular weight excluding hydrogens is 364 g/mol. The molecule has 0 spiro atoms. The number of nitrogens with one attached hydrogen (secondary N) is 2. The molecule has 0 aromatic carbocycles. The zero-order chi connectivity index (χ0) is 18.2. The van der Waals surface area contributed by atoms with Crippen molar-refractivity contribution in [2.24, 2.45) is 0 Å². The fourth-order valence-electron chi connectivity index (χ4n) is 4.43. The Bertz CT molecular complexity index is 946. The van der Waals surface area contributed by atoms with Gasteiger partial charge in [-0.2, -0.15) is 0 Å². The third-order valence-corrected chi connectivity index (χ3v) is 6.05. The average Bonchev–Trinajstić information content (AvgIpc) is 3.08. The predicted molar refractivity (Wildman–Crippen MR) is 106 cm³/mol. The molecule has 5 rings (SSSR count). The fraction of sp³-hybridized carbons (Fsp3) is 0.526. The number of anilines is 1. The maximum absolute atomic E-state index is 6.11. The zero-order valence-electron chi connectivity index (χ0n) is 15.1. The van der Waals surface area contributed by atoms with E-state index in [2.05, 4.69) is 30.2 Å². The third kappa shape index (κ3) is 3.35. The van der Waals surface area contributed by atoms with E-state index in [0.29, 0.717) is 17.2 Å². The summed E-state index contributed by atoms with van der Waals surface area (Å²) in [6, 6.07) is 3.00. The molecule has 3 aromatic rings. The molecule has 0 radical (unpaired) electrons. The number of morpholine rings is 1. The first kappa shape index (κ1) is 17.2. The number of halogens is 1. The molecule has 1 aliphatic carbocycles. The number of H-pyrrole nitrogens is 1. The van der Waals surface area contributed by atoms with Crippen LogP contribution in [0, 0.1) is 0 Å². The molecule has 1 aliphatic heterocycles. The fourth-order valence-corrected chi connectivity index (χ4v) is 4.59. The van der Waals surface area contributed by atoms with Crippen LogP contribution in [0.25, 0.3) is 21.9 Å². The number of fused-ring (bicyclic) bond motifs is 3. The van der Waals surface area contributed by atoms with Gasteiger partial charge in [-0.3, -0.25) is 4.90 Å². The van der Waals surface area contributed by atoms with E-state index in [-0.39, 0.29) is 0 Å². The van der Waals surface area contributed by atoms with Gasteiger partial charge in [0.2, 0.25) is 0 Å². The minimum Gasteiger partial charge on any atom is -0.379 e. The Balaban J connectivity index is 1.34. The summed E-state index contributed by atoms with van der Waals surface area (Å²) in [4.78, 5) is 19.0. The largest absolute Gasteiger partial charge is 0.379 e. The molecule has 0 bridgehead atoms. The zero-order valence-corrected chi connectivity index (χ0v) is 15.9. The molecule has 3 aromatic heterocycles. The van der Waals surface area contributed by atoms with Crippen molar-refractivity contribution in [3.63, 3.8) is 0 Å². The van der Waals surface area contributed by atoms with E-state index in [1.165, 1.54) is 12.8 Å². The van der Waals surface area contributed by atoms with Gasteiger partial charge < -0.3 is 15.0 Å². The first-order valence-corrected chi connectivity index (χ1v) is 10.0. The van der Waals surface area contributed by atoms with Crippen molar-refractivity contribution in [1.29, 1.82) is 0 Å². The van der Waals surface area contributed by atoms with E-state index in [1.807, 2.05) is 6.07 Å². The van der Waals surface area contributed by atoms with E-state index in [4.69, 9.17) is 16.3 Å². The van der Waals surface area contributed by atoms with Crippen LogP contribution in [0.3, 0.4) is 0 Å². The number of rotatable bonds is 3. The molecule has 1 saturated carbocycles. The Morgan fingerprint density at radius 1 is 1.11 bits per heavy atom. The van der Waals surface area contributed by atoms with Gasteiger partial charge in [0.25, 0.3) is 0 Å². The van der Waals surface area contributed by atoms with Gasteiger partial charge in [-0.1, -0.05) is 11.6 Å². The summed E-state index contributed by atoms with van der Waals surface area (Å²) >= 11 is 6.11. The Morgan fingerprint density at radius 3 is 2.74 bits per heavy atom. The van der Waals surface area contributed by atoms with Crippen LogP contribution in [0.2, 0.25) is 5.15 Å². The van der Waals surface area contributed by atoms with Crippen LogP contribution in [0.5, 0.6) is 0 Å². The van der Waals surface area contributed by atoms with Crippen molar-refractivity contribution in [2.75, 3.05) is 31.6 Å². The molecule has 27 heavy (non-hydrogen) atoms. The molecule has 2 N–H and O–H groups in total. The summed E-state index contributed by atoms with van der Waals surface area (Å²) in [5.41, 5.74) is 1.74. The highest BCUT2D eigenvalue weighted by Gasteiger charge is 2.27. The number of nitrogens with zero attached hydrogens (tertiary/aromatic N) is 4. The second kappa shape index (κ2) is 7.22. The summed E-state index contributed by atoms with van der Waals surface area (Å²) in [6.45, 7) is 3.88. The molecule has 8 heteroatoms. The minimum absolute atomic E-state index is 0.433. The average molecular weight is 387 g/mol. The van der Waals surface area contributed by atoms with E-state index < -0.39 is 0 Å². The monoisotopic (exact) mass is 386 g/mol. The van der Waals surface area contributed by atoms with Gasteiger partial charge in [0.15, 0.2) is 0 Å². The summed E-state index contributed by atoms with van der Waals surface area (Å²) in [6.07, 6.45) is 8.09. The molecule has 0 amide bonds. The lowest BCUT2D eigenvalue weighted by molar-refractivity contribution is 0.00791.